The molecule has 0 aromatic heterocycles. The third kappa shape index (κ3) is 4.62. The highest BCUT2D eigenvalue weighted by atomic mass is 19.1. The number of hydrogen-bond acceptors (Lipinski definition) is 5. The lowest BCUT2D eigenvalue weighted by Crippen LogP contribution is -2.41. The van der Waals surface area contributed by atoms with E-state index >= 15 is 0 Å². The van der Waals surface area contributed by atoms with Crippen molar-refractivity contribution >= 4 is 11.6 Å². The van der Waals surface area contributed by atoms with Gasteiger partial charge in [-0.3, -0.25) is 9.69 Å². The van der Waals surface area contributed by atoms with Gasteiger partial charge in [-0.1, -0.05) is 29.4 Å². The van der Waals surface area contributed by atoms with E-state index in [1.54, 1.807) is 19.2 Å². The molecule has 7 heteroatoms. The summed E-state index contributed by atoms with van der Waals surface area (Å²) in [6.07, 6.45) is 1.96. The lowest BCUT2D eigenvalue weighted by molar-refractivity contribution is -0.131. The first-order valence-corrected chi connectivity index (χ1v) is 10.3. The second kappa shape index (κ2) is 9.26. The van der Waals surface area contributed by atoms with E-state index in [-0.39, 0.29) is 17.8 Å². The first kappa shape index (κ1) is 20.3. The molecule has 1 N–H and O–H groups in total. The number of rotatable bonds is 7. The van der Waals surface area contributed by atoms with Gasteiger partial charge in [-0.2, -0.15) is 0 Å². The largest absolute Gasteiger partial charge is 0.497 e. The van der Waals surface area contributed by atoms with Crippen molar-refractivity contribution in [1.29, 1.82) is 0 Å². The number of amides is 1. The standard InChI is InChI=1S/C23H26FN3O3/c1-29-19-9-7-16(8-10-19)21(27-11-2-3-12-27)15-25-23(28)22-14-20(26-30-22)17-5-4-6-18(24)13-17/h4-10,13,21-22H,2-3,11-12,14-15H2,1H3,(H,25,28). The Morgan fingerprint density at radius 1 is 1.27 bits per heavy atom. The normalized spacial score (nSPS) is 19.8. The van der Waals surface area contributed by atoms with Crippen LogP contribution in [0, 0.1) is 5.82 Å². The Hall–Kier alpha value is -2.93. The molecule has 1 saturated heterocycles. The van der Waals surface area contributed by atoms with Crippen molar-refractivity contribution < 1.29 is 18.8 Å². The van der Waals surface area contributed by atoms with Gasteiger partial charge in [-0.15, -0.1) is 0 Å². The highest BCUT2D eigenvalue weighted by Gasteiger charge is 2.30. The average molecular weight is 411 g/mol. The zero-order valence-electron chi connectivity index (χ0n) is 17.0. The van der Waals surface area contributed by atoms with Gasteiger partial charge >= 0.3 is 0 Å². The Morgan fingerprint density at radius 3 is 2.73 bits per heavy atom. The molecule has 158 valence electrons. The lowest BCUT2D eigenvalue weighted by atomic mass is 10.0. The van der Waals surface area contributed by atoms with Crippen LogP contribution < -0.4 is 10.1 Å². The summed E-state index contributed by atoms with van der Waals surface area (Å²) < 4.78 is 18.7. The molecule has 2 aromatic rings. The fraction of sp³-hybridized carbons (Fsp3) is 0.391. The molecule has 0 spiro atoms. The predicted octanol–water partition coefficient (Wildman–Crippen LogP) is 3.28. The summed E-state index contributed by atoms with van der Waals surface area (Å²) in [5.41, 5.74) is 2.36. The quantitative estimate of drug-likeness (QED) is 0.760. The molecule has 1 fully saturated rings. The number of methoxy groups -OCH3 is 1. The molecule has 2 aliphatic heterocycles. The molecule has 2 aromatic carbocycles. The molecule has 2 atom stereocenters. The highest BCUT2D eigenvalue weighted by molar-refractivity contribution is 6.04. The maximum absolute atomic E-state index is 13.5. The number of ether oxygens (including phenoxy) is 1. The molecule has 6 nitrogen and oxygen atoms in total. The van der Waals surface area contributed by atoms with Gasteiger partial charge in [0.2, 0.25) is 6.10 Å². The second-order valence-electron chi connectivity index (χ2n) is 7.62. The molecule has 0 radical (unpaired) electrons. The SMILES string of the molecule is COc1ccc(C(CNC(=O)C2CC(c3cccc(F)c3)=NO2)N2CCCC2)cc1. The summed E-state index contributed by atoms with van der Waals surface area (Å²) in [4.78, 5) is 20.5. The van der Waals surface area contributed by atoms with Crippen molar-refractivity contribution in [2.45, 2.75) is 31.4 Å². The van der Waals surface area contributed by atoms with Gasteiger partial charge in [0.25, 0.3) is 5.91 Å². The van der Waals surface area contributed by atoms with Gasteiger partial charge < -0.3 is 14.9 Å². The summed E-state index contributed by atoms with van der Waals surface area (Å²) >= 11 is 0. The molecule has 2 aliphatic rings. The Kier molecular flexibility index (Phi) is 6.28. The topological polar surface area (TPSA) is 63.2 Å². The predicted molar refractivity (Wildman–Crippen MR) is 112 cm³/mol. The van der Waals surface area contributed by atoms with E-state index < -0.39 is 6.10 Å². The van der Waals surface area contributed by atoms with E-state index in [4.69, 9.17) is 9.57 Å². The maximum atomic E-state index is 13.5. The zero-order chi connectivity index (χ0) is 20.9. The molecular weight excluding hydrogens is 385 g/mol. The van der Waals surface area contributed by atoms with Crippen LogP contribution in [-0.4, -0.2) is 49.4 Å². The number of carbonyl (C=O) groups is 1. The summed E-state index contributed by atoms with van der Waals surface area (Å²) in [5, 5.41) is 7.02. The Bertz CT molecular complexity index is 910. The molecular formula is C23H26FN3O3. The molecule has 30 heavy (non-hydrogen) atoms. The van der Waals surface area contributed by atoms with E-state index in [0.29, 0.717) is 24.2 Å². The number of nitrogens with one attached hydrogen (secondary N) is 1. The van der Waals surface area contributed by atoms with Crippen molar-refractivity contribution in [1.82, 2.24) is 10.2 Å². The Balaban J connectivity index is 1.38. The maximum Gasteiger partial charge on any atom is 0.264 e. The van der Waals surface area contributed by atoms with Crippen LogP contribution in [0.5, 0.6) is 5.75 Å². The number of halogens is 1. The van der Waals surface area contributed by atoms with E-state index in [2.05, 4.69) is 15.4 Å². The molecule has 0 bridgehead atoms. The fourth-order valence-electron chi connectivity index (χ4n) is 4.00. The van der Waals surface area contributed by atoms with Gasteiger partial charge in [0.1, 0.15) is 11.6 Å². The van der Waals surface area contributed by atoms with E-state index in [0.717, 1.165) is 37.2 Å². The molecule has 2 unspecified atom stereocenters. The molecule has 2 heterocycles. The highest BCUT2D eigenvalue weighted by Crippen LogP contribution is 2.26. The van der Waals surface area contributed by atoms with Gasteiger partial charge in [0, 0.05) is 18.5 Å². The van der Waals surface area contributed by atoms with Crippen molar-refractivity contribution in [3.8, 4) is 5.75 Å². The molecule has 0 aliphatic carbocycles. The van der Waals surface area contributed by atoms with Gasteiger partial charge in [0.05, 0.1) is 18.9 Å². The van der Waals surface area contributed by atoms with Crippen LogP contribution in [0.1, 0.15) is 36.4 Å². The molecule has 0 saturated carbocycles. The summed E-state index contributed by atoms with van der Waals surface area (Å²) in [5.74, 6) is 0.267. The van der Waals surface area contributed by atoms with E-state index in [1.807, 2.05) is 24.3 Å². The number of hydrogen-bond donors (Lipinski definition) is 1. The Labute approximate surface area is 175 Å². The Morgan fingerprint density at radius 2 is 2.03 bits per heavy atom. The van der Waals surface area contributed by atoms with Crippen LogP contribution in [0.3, 0.4) is 0 Å². The van der Waals surface area contributed by atoms with Gasteiger partial charge in [-0.25, -0.2) is 4.39 Å². The van der Waals surface area contributed by atoms with Gasteiger partial charge in [-0.05, 0) is 55.8 Å². The first-order valence-electron chi connectivity index (χ1n) is 10.3. The first-order chi connectivity index (χ1) is 14.6. The van der Waals surface area contributed by atoms with E-state index in [1.165, 1.54) is 12.1 Å². The number of likely N-dealkylation sites (tertiary alicyclic amines) is 1. The summed E-state index contributed by atoms with van der Waals surface area (Å²) in [6, 6.07) is 14.2. The average Bonchev–Trinajstić information content (AvgIpc) is 3.47. The van der Waals surface area contributed by atoms with Crippen LogP contribution in [0.25, 0.3) is 0 Å². The number of oxime groups is 1. The smallest absolute Gasteiger partial charge is 0.264 e. The van der Waals surface area contributed by atoms with Crippen molar-refractivity contribution in [3.63, 3.8) is 0 Å². The molecule has 4 rings (SSSR count). The van der Waals surface area contributed by atoms with Crippen LogP contribution in [-0.2, 0) is 9.63 Å². The van der Waals surface area contributed by atoms with Crippen LogP contribution in [0.4, 0.5) is 4.39 Å². The van der Waals surface area contributed by atoms with E-state index in [9.17, 15) is 9.18 Å². The minimum absolute atomic E-state index is 0.0902. The minimum Gasteiger partial charge on any atom is -0.497 e. The lowest BCUT2D eigenvalue weighted by Gasteiger charge is -2.28. The molecule has 1 amide bonds. The van der Waals surface area contributed by atoms with Crippen molar-refractivity contribution in [2.75, 3.05) is 26.7 Å². The minimum atomic E-state index is -0.696. The number of carbonyl (C=O) groups excluding carboxylic acids is 1. The third-order valence-electron chi connectivity index (χ3n) is 5.67. The third-order valence-corrected chi connectivity index (χ3v) is 5.67. The summed E-state index contributed by atoms with van der Waals surface area (Å²) in [6.45, 7) is 2.51. The fourth-order valence-corrected chi connectivity index (χ4v) is 4.00. The van der Waals surface area contributed by atoms with Crippen LogP contribution in [0.2, 0.25) is 0 Å². The van der Waals surface area contributed by atoms with Crippen molar-refractivity contribution in [2.24, 2.45) is 5.16 Å². The van der Waals surface area contributed by atoms with Gasteiger partial charge in [0.15, 0.2) is 0 Å². The number of nitrogens with zero attached hydrogens (tertiary/aromatic N) is 2. The number of benzene rings is 2. The monoisotopic (exact) mass is 411 g/mol. The summed E-state index contributed by atoms with van der Waals surface area (Å²) in [7, 11) is 1.65. The van der Waals surface area contributed by atoms with Crippen LogP contribution in [0.15, 0.2) is 53.7 Å². The zero-order valence-corrected chi connectivity index (χ0v) is 17.0. The second-order valence-corrected chi connectivity index (χ2v) is 7.62. The van der Waals surface area contributed by atoms with Crippen LogP contribution >= 0.6 is 0 Å². The van der Waals surface area contributed by atoms with Crippen molar-refractivity contribution in [3.05, 3.63) is 65.5 Å².